The molecule has 16 heavy (non-hydrogen) atoms. The smallest absolute Gasteiger partial charge is 0.299 e. The number of nitrogens with two attached hydrogens (primary N) is 1. The molecule has 0 spiro atoms. The van der Waals surface area contributed by atoms with Crippen molar-refractivity contribution in [2.24, 2.45) is 0 Å². The molecule has 4 N–H and O–H groups in total. The highest BCUT2D eigenvalue weighted by Crippen LogP contribution is 2.18. The first-order chi connectivity index (χ1) is 7.48. The van der Waals surface area contributed by atoms with Crippen LogP contribution in [0.25, 0.3) is 0 Å². The van der Waals surface area contributed by atoms with E-state index in [-0.39, 0.29) is 17.8 Å². The summed E-state index contributed by atoms with van der Waals surface area (Å²) < 4.78 is 27.3. The minimum Gasteiger partial charge on any atom is -0.399 e. The largest absolute Gasteiger partial charge is 0.399 e. The third-order valence-corrected chi connectivity index (χ3v) is 2.90. The van der Waals surface area contributed by atoms with Gasteiger partial charge in [-0.15, -0.1) is 0 Å². The molecular weight excluding hydrogens is 228 g/mol. The quantitative estimate of drug-likeness (QED) is 0.662. The summed E-state index contributed by atoms with van der Waals surface area (Å²) in [6.07, 6.45) is 0. The molecule has 0 aliphatic rings. The Morgan fingerprint density at radius 2 is 2.19 bits per heavy atom. The molecule has 1 aromatic carbocycles. The topological polar surface area (TPSA) is 108 Å². The number of anilines is 2. The van der Waals surface area contributed by atoms with Gasteiger partial charge in [0.05, 0.1) is 11.3 Å². The van der Waals surface area contributed by atoms with E-state index < -0.39 is 10.2 Å². The summed E-state index contributed by atoms with van der Waals surface area (Å²) in [5.74, 6) is 0. The van der Waals surface area contributed by atoms with Crippen molar-refractivity contribution in [3.63, 3.8) is 0 Å². The van der Waals surface area contributed by atoms with Gasteiger partial charge < -0.3 is 5.73 Å². The van der Waals surface area contributed by atoms with Crippen LogP contribution in [0, 0.1) is 11.3 Å². The van der Waals surface area contributed by atoms with E-state index in [2.05, 4.69) is 9.44 Å². The SMILES string of the molecule is CCNS(=O)(=O)Nc1ccc(N)cc1C#N. The third-order valence-electron chi connectivity index (χ3n) is 1.74. The zero-order valence-electron chi connectivity index (χ0n) is 8.69. The standard InChI is InChI=1S/C9H12N4O2S/c1-2-12-16(14,15)13-9-4-3-8(11)5-7(9)6-10/h3-5,12-13H,2,11H2,1H3. The second-order valence-electron chi connectivity index (χ2n) is 3.02. The molecule has 1 rings (SSSR count). The Morgan fingerprint density at radius 3 is 2.75 bits per heavy atom. The van der Waals surface area contributed by atoms with Crippen molar-refractivity contribution >= 4 is 21.6 Å². The number of nitrogens with one attached hydrogen (secondary N) is 2. The number of nitrogen functional groups attached to an aromatic ring is 1. The van der Waals surface area contributed by atoms with Crippen molar-refractivity contribution in [2.45, 2.75) is 6.92 Å². The van der Waals surface area contributed by atoms with Gasteiger partial charge in [0.15, 0.2) is 0 Å². The Morgan fingerprint density at radius 1 is 1.50 bits per heavy atom. The molecule has 0 aromatic heterocycles. The summed E-state index contributed by atoms with van der Waals surface area (Å²) in [6, 6.07) is 6.24. The van der Waals surface area contributed by atoms with E-state index in [4.69, 9.17) is 11.0 Å². The van der Waals surface area contributed by atoms with Crippen LogP contribution in [0.2, 0.25) is 0 Å². The van der Waals surface area contributed by atoms with Crippen LogP contribution in [0.15, 0.2) is 18.2 Å². The van der Waals surface area contributed by atoms with Gasteiger partial charge in [-0.3, -0.25) is 4.72 Å². The van der Waals surface area contributed by atoms with Crippen LogP contribution in [0.4, 0.5) is 11.4 Å². The Kier molecular flexibility index (Phi) is 3.71. The van der Waals surface area contributed by atoms with Gasteiger partial charge in [0.25, 0.3) is 10.2 Å². The van der Waals surface area contributed by atoms with Crippen molar-refractivity contribution in [1.29, 1.82) is 5.26 Å². The minimum absolute atomic E-state index is 0.182. The molecule has 86 valence electrons. The van der Waals surface area contributed by atoms with Crippen LogP contribution in [0.5, 0.6) is 0 Å². The number of hydrogen-bond donors (Lipinski definition) is 3. The molecule has 0 saturated carbocycles. The van der Waals surface area contributed by atoms with Crippen LogP contribution in [0.1, 0.15) is 12.5 Å². The molecule has 7 heteroatoms. The molecule has 0 bridgehead atoms. The molecule has 0 fully saturated rings. The summed E-state index contributed by atoms with van der Waals surface area (Å²) in [7, 11) is -3.62. The molecule has 0 aliphatic heterocycles. The van der Waals surface area contributed by atoms with Gasteiger partial charge in [-0.05, 0) is 18.2 Å². The van der Waals surface area contributed by atoms with E-state index in [1.807, 2.05) is 6.07 Å². The van der Waals surface area contributed by atoms with Gasteiger partial charge >= 0.3 is 0 Å². The molecule has 0 aliphatic carbocycles. The molecule has 0 heterocycles. The fraction of sp³-hybridized carbons (Fsp3) is 0.222. The van der Waals surface area contributed by atoms with Crippen LogP contribution >= 0.6 is 0 Å². The predicted octanol–water partition coefficient (Wildman–Crippen LogP) is 0.407. The van der Waals surface area contributed by atoms with Gasteiger partial charge in [0, 0.05) is 12.2 Å². The van der Waals surface area contributed by atoms with Gasteiger partial charge in [-0.25, -0.2) is 0 Å². The van der Waals surface area contributed by atoms with E-state index in [0.717, 1.165) is 0 Å². The highest BCUT2D eigenvalue weighted by Gasteiger charge is 2.11. The average molecular weight is 240 g/mol. The fourth-order valence-electron chi connectivity index (χ4n) is 1.11. The van der Waals surface area contributed by atoms with Gasteiger partial charge in [-0.2, -0.15) is 18.4 Å². The van der Waals surface area contributed by atoms with Crippen molar-refractivity contribution < 1.29 is 8.42 Å². The number of hydrogen-bond acceptors (Lipinski definition) is 4. The van der Waals surface area contributed by atoms with Crippen LogP contribution in [-0.2, 0) is 10.2 Å². The Labute approximate surface area is 94.3 Å². The van der Waals surface area contributed by atoms with Gasteiger partial charge in [0.2, 0.25) is 0 Å². The summed E-state index contributed by atoms with van der Waals surface area (Å²) in [5, 5.41) is 8.81. The maximum absolute atomic E-state index is 11.4. The van der Waals surface area contributed by atoms with E-state index in [0.29, 0.717) is 5.69 Å². The Balaban J connectivity index is 3.03. The summed E-state index contributed by atoms with van der Waals surface area (Å²) in [6.45, 7) is 1.93. The first-order valence-corrected chi connectivity index (χ1v) is 6.04. The van der Waals surface area contributed by atoms with E-state index >= 15 is 0 Å². The number of benzene rings is 1. The monoisotopic (exact) mass is 240 g/mol. The number of rotatable bonds is 4. The van der Waals surface area contributed by atoms with Gasteiger partial charge in [-0.1, -0.05) is 6.92 Å². The lowest BCUT2D eigenvalue weighted by molar-refractivity contribution is 0.589. The molecular formula is C9H12N4O2S. The number of nitrogens with zero attached hydrogens (tertiary/aromatic N) is 1. The first-order valence-electron chi connectivity index (χ1n) is 4.55. The second kappa shape index (κ2) is 4.83. The van der Waals surface area contributed by atoms with Crippen molar-refractivity contribution in [3.8, 4) is 6.07 Å². The summed E-state index contributed by atoms with van der Waals surface area (Å²) >= 11 is 0. The average Bonchev–Trinajstić information content (AvgIpc) is 2.20. The molecule has 0 radical (unpaired) electrons. The zero-order valence-corrected chi connectivity index (χ0v) is 9.50. The molecule has 0 atom stereocenters. The lowest BCUT2D eigenvalue weighted by atomic mass is 10.2. The zero-order chi connectivity index (χ0) is 12.2. The molecule has 0 saturated heterocycles. The second-order valence-corrected chi connectivity index (χ2v) is 4.52. The summed E-state index contributed by atoms with van der Waals surface area (Å²) in [5.41, 5.74) is 6.28. The van der Waals surface area contributed by atoms with Gasteiger partial charge in [0.1, 0.15) is 6.07 Å². The lowest BCUT2D eigenvalue weighted by Crippen LogP contribution is -2.30. The Bertz CT molecular complexity index is 519. The normalized spacial score (nSPS) is 10.8. The highest BCUT2D eigenvalue weighted by atomic mass is 32.2. The predicted molar refractivity (Wildman–Crippen MR) is 61.8 cm³/mol. The molecule has 0 unspecified atom stereocenters. The van der Waals surface area contributed by atoms with Crippen molar-refractivity contribution in [1.82, 2.24) is 4.72 Å². The maximum atomic E-state index is 11.4. The first kappa shape index (κ1) is 12.3. The molecule has 1 aromatic rings. The van der Waals surface area contributed by atoms with Crippen molar-refractivity contribution in [2.75, 3.05) is 17.0 Å². The van der Waals surface area contributed by atoms with Crippen LogP contribution in [0.3, 0.4) is 0 Å². The Hall–Kier alpha value is -1.78. The summed E-state index contributed by atoms with van der Waals surface area (Å²) in [4.78, 5) is 0. The highest BCUT2D eigenvalue weighted by molar-refractivity contribution is 7.90. The van der Waals surface area contributed by atoms with Crippen molar-refractivity contribution in [3.05, 3.63) is 23.8 Å². The van der Waals surface area contributed by atoms with Crippen LogP contribution < -0.4 is 15.2 Å². The fourth-order valence-corrected chi connectivity index (χ4v) is 2.03. The van der Waals surface area contributed by atoms with E-state index in [1.54, 1.807) is 6.92 Å². The third kappa shape index (κ3) is 3.12. The molecule has 0 amide bonds. The maximum Gasteiger partial charge on any atom is 0.299 e. The molecule has 6 nitrogen and oxygen atoms in total. The lowest BCUT2D eigenvalue weighted by Gasteiger charge is -2.09. The number of nitriles is 1. The van der Waals surface area contributed by atoms with E-state index in [1.165, 1.54) is 18.2 Å². The minimum atomic E-state index is -3.62. The van der Waals surface area contributed by atoms with E-state index in [9.17, 15) is 8.42 Å². The van der Waals surface area contributed by atoms with Crippen LogP contribution in [-0.4, -0.2) is 15.0 Å².